The zero-order valence-electron chi connectivity index (χ0n) is 22.4. The SMILES string of the molecule is CC1c2c(OCCCCN3CCN(c4cccc(Cl)c4Cl)CC3)ccc3ccc(=O)n(c23)C(=O)C1NC(=O)CN. The molecule has 212 valence electrons. The van der Waals surface area contributed by atoms with Gasteiger partial charge in [-0.2, -0.15) is 0 Å². The quantitative estimate of drug-likeness (QED) is 0.370. The van der Waals surface area contributed by atoms with Crippen molar-refractivity contribution < 1.29 is 14.3 Å². The number of unbranched alkanes of at least 4 members (excludes halogenated alkanes) is 1. The first-order chi connectivity index (χ1) is 19.3. The number of benzene rings is 2. The van der Waals surface area contributed by atoms with Crippen LogP contribution < -0.4 is 26.2 Å². The van der Waals surface area contributed by atoms with Gasteiger partial charge in [0.2, 0.25) is 5.91 Å². The van der Waals surface area contributed by atoms with Crippen molar-refractivity contribution in [3.63, 3.8) is 0 Å². The van der Waals surface area contributed by atoms with Crippen molar-refractivity contribution in [3.05, 3.63) is 68.4 Å². The second-order valence-electron chi connectivity index (χ2n) is 10.3. The van der Waals surface area contributed by atoms with E-state index in [1.165, 1.54) is 6.07 Å². The number of hydrogen-bond donors (Lipinski definition) is 2. The van der Waals surface area contributed by atoms with Crippen molar-refractivity contribution in [2.45, 2.75) is 31.7 Å². The number of ether oxygens (including phenoxy) is 1. The van der Waals surface area contributed by atoms with E-state index in [1.807, 2.05) is 31.2 Å². The van der Waals surface area contributed by atoms with Crippen LogP contribution in [-0.2, 0) is 4.79 Å². The third kappa shape index (κ3) is 5.56. The molecule has 0 bridgehead atoms. The third-order valence-corrected chi connectivity index (χ3v) is 8.58. The summed E-state index contributed by atoms with van der Waals surface area (Å²) in [6, 6.07) is 11.6. The summed E-state index contributed by atoms with van der Waals surface area (Å²) in [5.41, 5.74) is 7.30. The van der Waals surface area contributed by atoms with Gasteiger partial charge in [0, 0.05) is 43.7 Å². The molecule has 2 atom stereocenters. The average Bonchev–Trinajstić information content (AvgIpc) is 2.96. The number of nitrogens with two attached hydrogens (primary N) is 1. The number of amides is 1. The maximum absolute atomic E-state index is 13.2. The van der Waals surface area contributed by atoms with Gasteiger partial charge in [0.05, 0.1) is 34.4 Å². The van der Waals surface area contributed by atoms with Crippen molar-refractivity contribution in [1.82, 2.24) is 14.8 Å². The third-order valence-electron chi connectivity index (χ3n) is 7.77. The number of nitrogens with one attached hydrogen (secondary N) is 1. The maximum Gasteiger partial charge on any atom is 0.257 e. The summed E-state index contributed by atoms with van der Waals surface area (Å²) in [7, 11) is 0. The van der Waals surface area contributed by atoms with E-state index in [0.717, 1.165) is 66.8 Å². The first kappa shape index (κ1) is 28.4. The van der Waals surface area contributed by atoms with Crippen molar-refractivity contribution in [1.29, 1.82) is 0 Å². The molecule has 2 aliphatic heterocycles. The normalized spacial score (nSPS) is 19.2. The molecule has 11 heteroatoms. The second kappa shape index (κ2) is 12.2. The van der Waals surface area contributed by atoms with Gasteiger partial charge in [0.1, 0.15) is 11.8 Å². The molecule has 1 fully saturated rings. The minimum absolute atomic E-state index is 0.246. The summed E-state index contributed by atoms with van der Waals surface area (Å²) in [6.07, 6.45) is 1.81. The number of carbonyl (C=O) groups is 2. The van der Waals surface area contributed by atoms with Gasteiger partial charge in [-0.1, -0.05) is 36.2 Å². The zero-order valence-corrected chi connectivity index (χ0v) is 23.9. The van der Waals surface area contributed by atoms with Crippen LogP contribution in [0, 0.1) is 0 Å². The first-order valence-corrected chi connectivity index (χ1v) is 14.3. The molecule has 1 saturated heterocycles. The Morgan fingerprint density at radius 2 is 1.80 bits per heavy atom. The molecule has 3 aromatic rings. The predicted molar refractivity (Wildman–Crippen MR) is 158 cm³/mol. The van der Waals surface area contributed by atoms with Crippen LogP contribution in [0.2, 0.25) is 10.0 Å². The molecular formula is C29H33Cl2N5O4. The van der Waals surface area contributed by atoms with E-state index in [-0.39, 0.29) is 6.54 Å². The Balaban J connectivity index is 1.20. The molecule has 40 heavy (non-hydrogen) atoms. The molecule has 3 heterocycles. The Bertz CT molecular complexity index is 1490. The van der Waals surface area contributed by atoms with Crippen molar-refractivity contribution in [2.24, 2.45) is 5.73 Å². The Labute approximate surface area is 242 Å². The molecule has 1 amide bonds. The van der Waals surface area contributed by atoms with Crippen LogP contribution in [0.25, 0.3) is 10.9 Å². The average molecular weight is 587 g/mol. The minimum atomic E-state index is -0.905. The van der Waals surface area contributed by atoms with E-state index in [1.54, 1.807) is 12.1 Å². The Kier molecular flexibility index (Phi) is 8.65. The van der Waals surface area contributed by atoms with Crippen molar-refractivity contribution in [3.8, 4) is 5.75 Å². The molecule has 0 saturated carbocycles. The Morgan fingerprint density at radius 1 is 1.05 bits per heavy atom. The summed E-state index contributed by atoms with van der Waals surface area (Å²) in [5, 5.41) is 4.63. The van der Waals surface area contributed by atoms with E-state index in [9.17, 15) is 14.4 Å². The first-order valence-electron chi connectivity index (χ1n) is 13.6. The summed E-state index contributed by atoms with van der Waals surface area (Å²) >= 11 is 12.6. The monoisotopic (exact) mass is 585 g/mol. The lowest BCUT2D eigenvalue weighted by molar-refractivity contribution is -0.120. The molecule has 3 N–H and O–H groups in total. The Morgan fingerprint density at radius 3 is 2.55 bits per heavy atom. The number of pyridine rings is 1. The number of halogens is 2. The highest BCUT2D eigenvalue weighted by molar-refractivity contribution is 6.43. The summed E-state index contributed by atoms with van der Waals surface area (Å²) < 4.78 is 7.37. The van der Waals surface area contributed by atoms with Crippen molar-refractivity contribution >= 4 is 51.6 Å². The number of piperazine rings is 1. The molecule has 0 radical (unpaired) electrons. The number of anilines is 1. The number of carbonyl (C=O) groups excluding carboxylic acids is 2. The molecule has 2 aliphatic rings. The molecule has 0 spiro atoms. The van der Waals surface area contributed by atoms with E-state index >= 15 is 0 Å². The van der Waals surface area contributed by atoms with Gasteiger partial charge in [-0.25, -0.2) is 4.57 Å². The van der Waals surface area contributed by atoms with Gasteiger partial charge >= 0.3 is 0 Å². The van der Waals surface area contributed by atoms with Crippen LogP contribution in [0.15, 0.2) is 47.3 Å². The molecule has 2 aromatic carbocycles. The molecule has 5 rings (SSSR count). The van der Waals surface area contributed by atoms with E-state index in [2.05, 4.69) is 15.1 Å². The van der Waals surface area contributed by atoms with Gasteiger partial charge in [0.15, 0.2) is 0 Å². The fourth-order valence-electron chi connectivity index (χ4n) is 5.63. The molecular weight excluding hydrogens is 553 g/mol. The fourth-order valence-corrected chi connectivity index (χ4v) is 6.04. The largest absolute Gasteiger partial charge is 0.493 e. The Hall–Kier alpha value is -3.11. The highest BCUT2D eigenvalue weighted by Gasteiger charge is 2.38. The fraction of sp³-hybridized carbons (Fsp3) is 0.414. The smallest absolute Gasteiger partial charge is 0.257 e. The van der Waals surface area contributed by atoms with Crippen LogP contribution in [0.5, 0.6) is 5.75 Å². The van der Waals surface area contributed by atoms with Crippen LogP contribution in [0.1, 0.15) is 36.0 Å². The number of rotatable bonds is 9. The second-order valence-corrected chi connectivity index (χ2v) is 11.0. The lowest BCUT2D eigenvalue weighted by atomic mass is 9.86. The molecule has 2 unspecified atom stereocenters. The van der Waals surface area contributed by atoms with Gasteiger partial charge in [-0.05, 0) is 55.1 Å². The lowest BCUT2D eigenvalue weighted by Crippen LogP contribution is -2.52. The van der Waals surface area contributed by atoms with Gasteiger partial charge < -0.3 is 20.7 Å². The number of hydrogen-bond acceptors (Lipinski definition) is 7. The van der Waals surface area contributed by atoms with Gasteiger partial charge in [-0.3, -0.25) is 19.3 Å². The topological polar surface area (TPSA) is 110 Å². The minimum Gasteiger partial charge on any atom is -0.493 e. The summed E-state index contributed by atoms with van der Waals surface area (Å²) in [5.74, 6) is -0.699. The molecule has 0 aliphatic carbocycles. The van der Waals surface area contributed by atoms with Crippen LogP contribution in [0.3, 0.4) is 0 Å². The van der Waals surface area contributed by atoms with E-state index < -0.39 is 29.3 Å². The lowest BCUT2D eigenvalue weighted by Gasteiger charge is -2.36. The zero-order chi connectivity index (χ0) is 28.4. The standard InChI is InChI=1S/C29H33Cl2N5O4/c1-18-25-22(9-7-19-8-10-24(38)36(28(19)25)29(39)27(18)33-23(37)17-32)40-16-3-2-11-34-12-14-35(15-13-34)21-6-4-5-20(30)26(21)31/h4-10,18,27H,2-3,11-17,32H2,1H3,(H,33,37). The van der Waals surface area contributed by atoms with Crippen LogP contribution in [0.4, 0.5) is 5.69 Å². The molecule has 9 nitrogen and oxygen atoms in total. The summed E-state index contributed by atoms with van der Waals surface area (Å²) in [6.45, 7) is 6.72. The number of nitrogens with zero attached hydrogens (tertiary/aromatic N) is 3. The highest BCUT2D eigenvalue weighted by Crippen LogP contribution is 2.39. The van der Waals surface area contributed by atoms with E-state index in [0.29, 0.717) is 27.9 Å². The highest BCUT2D eigenvalue weighted by atomic mass is 35.5. The maximum atomic E-state index is 13.2. The number of aromatic nitrogens is 1. The van der Waals surface area contributed by atoms with Crippen LogP contribution in [-0.4, -0.2) is 73.2 Å². The summed E-state index contributed by atoms with van der Waals surface area (Å²) in [4.78, 5) is 42.7. The van der Waals surface area contributed by atoms with E-state index in [4.69, 9.17) is 33.7 Å². The predicted octanol–water partition coefficient (Wildman–Crippen LogP) is 3.49. The van der Waals surface area contributed by atoms with Crippen LogP contribution >= 0.6 is 23.2 Å². The van der Waals surface area contributed by atoms with Crippen molar-refractivity contribution in [2.75, 3.05) is 50.8 Å². The molecule has 1 aromatic heterocycles. The van der Waals surface area contributed by atoms with Gasteiger partial charge in [-0.15, -0.1) is 0 Å². The van der Waals surface area contributed by atoms with Gasteiger partial charge in [0.25, 0.3) is 11.5 Å².